The Morgan fingerprint density at radius 1 is 0.963 bits per heavy atom. The fourth-order valence-electron chi connectivity index (χ4n) is 3.73. The van der Waals surface area contributed by atoms with Crippen molar-refractivity contribution in [2.45, 2.75) is 40.0 Å². The van der Waals surface area contributed by atoms with Crippen LogP contribution >= 0.6 is 0 Å². The Bertz CT molecular complexity index is 807. The maximum absolute atomic E-state index is 12.8. The third-order valence-corrected chi connectivity index (χ3v) is 5.19. The van der Waals surface area contributed by atoms with Crippen molar-refractivity contribution >= 4 is 11.8 Å². The maximum Gasteiger partial charge on any atom is 0.255 e. The number of H-pyrrole nitrogens is 1. The van der Waals surface area contributed by atoms with Crippen LogP contribution in [0, 0.1) is 13.8 Å². The minimum atomic E-state index is 0.0510. The molecular weight excluding hydrogens is 338 g/mol. The van der Waals surface area contributed by atoms with Gasteiger partial charge in [0.2, 0.25) is 0 Å². The molecule has 1 aliphatic heterocycles. The summed E-state index contributed by atoms with van der Waals surface area (Å²) in [5.74, 6) is 0.107. The number of hydrogen-bond donors (Lipinski definition) is 1. The van der Waals surface area contributed by atoms with Crippen molar-refractivity contribution in [1.29, 1.82) is 0 Å². The highest BCUT2D eigenvalue weighted by molar-refractivity contribution is 5.96. The Morgan fingerprint density at radius 2 is 1.59 bits per heavy atom. The molecule has 0 atom stereocenters. The van der Waals surface area contributed by atoms with Crippen LogP contribution in [0.25, 0.3) is 0 Å². The molecule has 1 aliphatic rings. The van der Waals surface area contributed by atoms with Crippen molar-refractivity contribution in [1.82, 2.24) is 14.8 Å². The molecule has 2 aromatic rings. The fourth-order valence-corrected chi connectivity index (χ4v) is 3.73. The topological polar surface area (TPSA) is 56.4 Å². The third-order valence-electron chi connectivity index (χ3n) is 5.19. The zero-order valence-corrected chi connectivity index (χ0v) is 16.5. The zero-order chi connectivity index (χ0) is 19.4. The predicted molar refractivity (Wildman–Crippen MR) is 107 cm³/mol. The van der Waals surface area contributed by atoms with E-state index in [9.17, 15) is 9.59 Å². The van der Waals surface area contributed by atoms with E-state index in [1.807, 2.05) is 54.0 Å². The number of carbonyl (C=O) groups excluding carboxylic acids is 2. The van der Waals surface area contributed by atoms with Gasteiger partial charge in [0.15, 0.2) is 0 Å². The molecule has 5 heteroatoms. The van der Waals surface area contributed by atoms with E-state index < -0.39 is 0 Å². The van der Waals surface area contributed by atoms with Crippen molar-refractivity contribution in [2.24, 2.45) is 0 Å². The highest BCUT2D eigenvalue weighted by atomic mass is 16.2. The molecule has 1 fully saturated rings. The fraction of sp³-hybridized carbons (Fsp3) is 0.455. The van der Waals surface area contributed by atoms with Crippen molar-refractivity contribution in [3.05, 3.63) is 58.4 Å². The summed E-state index contributed by atoms with van der Waals surface area (Å²) < 4.78 is 0. The Hall–Kier alpha value is -2.56. The highest BCUT2D eigenvalue weighted by Gasteiger charge is 2.24. The van der Waals surface area contributed by atoms with E-state index in [4.69, 9.17) is 0 Å². The number of carbonyl (C=O) groups is 2. The van der Waals surface area contributed by atoms with Crippen molar-refractivity contribution in [3.63, 3.8) is 0 Å². The Morgan fingerprint density at radius 3 is 2.15 bits per heavy atom. The van der Waals surface area contributed by atoms with Gasteiger partial charge in [-0.25, -0.2) is 0 Å². The highest BCUT2D eigenvalue weighted by Crippen LogP contribution is 2.16. The van der Waals surface area contributed by atoms with Crippen LogP contribution in [-0.2, 0) is 6.42 Å². The number of aryl methyl sites for hydroxylation is 3. The lowest BCUT2D eigenvalue weighted by Crippen LogP contribution is -2.37. The molecule has 1 aromatic heterocycles. The SMILES string of the molecule is CCCc1ccc(C(=O)N2CCCN(C(=O)c3cc(C)[nH]c3C)CC2)cc1. The standard InChI is InChI=1S/C22H29N3O2/c1-4-6-18-7-9-19(10-8-18)21(26)24-11-5-12-25(14-13-24)22(27)20-15-16(2)23-17(20)3/h7-10,15,23H,4-6,11-14H2,1-3H3. The normalized spacial score (nSPS) is 14.9. The molecule has 144 valence electrons. The van der Waals surface area contributed by atoms with Gasteiger partial charge in [0.05, 0.1) is 5.56 Å². The third kappa shape index (κ3) is 4.41. The van der Waals surface area contributed by atoms with Crippen LogP contribution in [-0.4, -0.2) is 52.8 Å². The lowest BCUT2D eigenvalue weighted by atomic mass is 10.1. The smallest absolute Gasteiger partial charge is 0.255 e. The van der Waals surface area contributed by atoms with E-state index in [0.717, 1.165) is 41.8 Å². The van der Waals surface area contributed by atoms with Gasteiger partial charge in [-0.2, -0.15) is 0 Å². The second-order valence-electron chi connectivity index (χ2n) is 7.38. The number of rotatable bonds is 4. The summed E-state index contributed by atoms with van der Waals surface area (Å²) in [7, 11) is 0. The van der Waals surface area contributed by atoms with E-state index in [2.05, 4.69) is 11.9 Å². The predicted octanol–water partition coefficient (Wildman–Crippen LogP) is 3.57. The summed E-state index contributed by atoms with van der Waals surface area (Å²) in [4.78, 5) is 32.6. The minimum Gasteiger partial charge on any atom is -0.362 e. The lowest BCUT2D eigenvalue weighted by Gasteiger charge is -2.22. The molecule has 0 bridgehead atoms. The monoisotopic (exact) mass is 367 g/mol. The average Bonchev–Trinajstić information content (AvgIpc) is 2.86. The van der Waals surface area contributed by atoms with E-state index in [1.165, 1.54) is 5.56 Å². The molecule has 1 saturated heterocycles. The molecule has 5 nitrogen and oxygen atoms in total. The molecule has 0 unspecified atom stereocenters. The first-order valence-electron chi connectivity index (χ1n) is 9.83. The number of aromatic amines is 1. The van der Waals surface area contributed by atoms with Crippen LogP contribution in [0.3, 0.4) is 0 Å². The van der Waals surface area contributed by atoms with Crippen LogP contribution in [0.15, 0.2) is 30.3 Å². The molecule has 0 aliphatic carbocycles. The number of amides is 2. The average molecular weight is 367 g/mol. The van der Waals surface area contributed by atoms with Gasteiger partial charge in [0.1, 0.15) is 0 Å². The first-order chi connectivity index (χ1) is 13.0. The van der Waals surface area contributed by atoms with Crippen LogP contribution in [0.1, 0.15) is 57.4 Å². The number of benzene rings is 1. The Labute approximate surface area is 161 Å². The van der Waals surface area contributed by atoms with Crippen molar-refractivity contribution < 1.29 is 9.59 Å². The van der Waals surface area contributed by atoms with Gasteiger partial charge in [0, 0.05) is 43.1 Å². The largest absolute Gasteiger partial charge is 0.362 e. The molecule has 0 radical (unpaired) electrons. The molecule has 1 aromatic carbocycles. The molecule has 0 saturated carbocycles. The molecule has 2 amide bonds. The molecule has 2 heterocycles. The number of hydrogen-bond acceptors (Lipinski definition) is 2. The summed E-state index contributed by atoms with van der Waals surface area (Å²) in [5, 5.41) is 0. The maximum atomic E-state index is 12.8. The molecular formula is C22H29N3O2. The van der Waals surface area contributed by atoms with E-state index >= 15 is 0 Å². The molecule has 3 rings (SSSR count). The van der Waals surface area contributed by atoms with Gasteiger partial charge in [-0.05, 0) is 50.5 Å². The van der Waals surface area contributed by atoms with E-state index in [0.29, 0.717) is 26.2 Å². The van der Waals surface area contributed by atoms with Crippen LogP contribution in [0.2, 0.25) is 0 Å². The summed E-state index contributed by atoms with van der Waals surface area (Å²) in [6.45, 7) is 8.55. The van der Waals surface area contributed by atoms with Gasteiger partial charge in [-0.1, -0.05) is 25.5 Å². The Kier molecular flexibility index (Phi) is 5.99. The first-order valence-corrected chi connectivity index (χ1v) is 9.83. The first kappa shape index (κ1) is 19.2. The van der Waals surface area contributed by atoms with E-state index in [1.54, 1.807) is 0 Å². The van der Waals surface area contributed by atoms with Crippen molar-refractivity contribution in [3.8, 4) is 0 Å². The summed E-state index contributed by atoms with van der Waals surface area (Å²) in [6.07, 6.45) is 2.94. The second-order valence-corrected chi connectivity index (χ2v) is 7.38. The Balaban J connectivity index is 1.64. The van der Waals surface area contributed by atoms with Gasteiger partial charge < -0.3 is 14.8 Å². The van der Waals surface area contributed by atoms with Crippen LogP contribution in [0.5, 0.6) is 0 Å². The summed E-state index contributed by atoms with van der Waals surface area (Å²) in [6, 6.07) is 9.84. The summed E-state index contributed by atoms with van der Waals surface area (Å²) >= 11 is 0. The van der Waals surface area contributed by atoms with Crippen LogP contribution < -0.4 is 0 Å². The van der Waals surface area contributed by atoms with Gasteiger partial charge in [0.25, 0.3) is 11.8 Å². The summed E-state index contributed by atoms with van der Waals surface area (Å²) in [5.41, 5.74) is 4.63. The van der Waals surface area contributed by atoms with Gasteiger partial charge >= 0.3 is 0 Å². The minimum absolute atomic E-state index is 0.0510. The molecule has 0 spiro atoms. The number of aromatic nitrogens is 1. The van der Waals surface area contributed by atoms with Crippen molar-refractivity contribution in [2.75, 3.05) is 26.2 Å². The molecule has 27 heavy (non-hydrogen) atoms. The quantitative estimate of drug-likeness (QED) is 0.898. The van der Waals surface area contributed by atoms with Crippen LogP contribution in [0.4, 0.5) is 0 Å². The molecule has 1 N–H and O–H groups in total. The second kappa shape index (κ2) is 8.42. The zero-order valence-electron chi connectivity index (χ0n) is 16.5. The number of nitrogens with zero attached hydrogens (tertiary/aromatic N) is 2. The van der Waals surface area contributed by atoms with Gasteiger partial charge in [-0.15, -0.1) is 0 Å². The van der Waals surface area contributed by atoms with E-state index in [-0.39, 0.29) is 11.8 Å². The van der Waals surface area contributed by atoms with Gasteiger partial charge in [-0.3, -0.25) is 9.59 Å². The number of nitrogens with one attached hydrogen (secondary N) is 1. The lowest BCUT2D eigenvalue weighted by molar-refractivity contribution is 0.0718.